The Kier molecular flexibility index (Phi) is 9.45. The second kappa shape index (κ2) is 14.8. The lowest BCUT2D eigenvalue weighted by atomic mass is 9.91. The molecule has 318 valence electrons. The normalized spacial score (nSPS) is 13.2. The van der Waals surface area contributed by atoms with Gasteiger partial charge < -0.3 is 9.97 Å². The van der Waals surface area contributed by atoms with Crippen molar-refractivity contribution in [2.75, 3.05) is 0 Å². The molecule has 9 aromatic rings. The topological polar surface area (TPSA) is 109 Å². The first-order chi connectivity index (χ1) is 30.7. The fraction of sp³-hybridized carbons (Fsp3) is 0.231. The zero-order valence-electron chi connectivity index (χ0n) is 37.9. The summed E-state index contributed by atoms with van der Waals surface area (Å²) in [6, 6.07) is 16.7. The van der Waals surface area contributed by atoms with E-state index in [0.29, 0.717) is 45.9 Å². The van der Waals surface area contributed by atoms with E-state index in [-0.39, 0.29) is 0 Å². The van der Waals surface area contributed by atoms with E-state index in [0.717, 1.165) is 66.1 Å². The lowest BCUT2D eigenvalue weighted by Gasteiger charge is -2.11. The molecular formula is C52H46N8S4. The number of aromatic amines is 2. The molecule has 0 radical (unpaired) electrons. The van der Waals surface area contributed by atoms with Gasteiger partial charge >= 0.3 is 0 Å². The Labute approximate surface area is 387 Å². The fourth-order valence-corrected chi connectivity index (χ4v) is 14.1. The molecule has 8 bridgehead atoms. The Morgan fingerprint density at radius 2 is 0.516 bits per heavy atom. The van der Waals surface area contributed by atoms with Crippen LogP contribution >= 0.6 is 45.3 Å². The molecule has 9 heterocycles. The molecule has 64 heavy (non-hydrogen) atoms. The summed E-state index contributed by atoms with van der Waals surface area (Å²) in [6.07, 6.45) is 0. The number of benzene rings is 2. The van der Waals surface area contributed by atoms with E-state index in [1.807, 2.05) is 45.3 Å². The summed E-state index contributed by atoms with van der Waals surface area (Å²) in [5.74, 6) is 2.45. The van der Waals surface area contributed by atoms with E-state index in [1.54, 1.807) is 0 Å². The molecule has 2 aromatic carbocycles. The number of hydrogen-bond donors (Lipinski definition) is 2. The number of hydrogen-bond acceptors (Lipinski definition) is 10. The Morgan fingerprint density at radius 3 is 0.703 bits per heavy atom. The number of aromatic nitrogens is 8. The molecular weight excluding hydrogens is 865 g/mol. The second-order valence-corrected chi connectivity index (χ2v) is 22.8. The van der Waals surface area contributed by atoms with Crippen molar-refractivity contribution in [2.24, 2.45) is 0 Å². The fourth-order valence-electron chi connectivity index (χ4n) is 9.85. The molecule has 2 N–H and O–H groups in total. The SMILES string of the molecule is Cc1sc(C)c(C2=C(c3c(C)sc(C)c3C)c3nc2nc2[nH]c(nc4nc(nc5[nH]c(n3)c3ccccc53)C(c3c(C)sc(C)c3C)=C4c3c(C)sc(C)c3C)c3ccccc23)c1C. The van der Waals surface area contributed by atoms with Gasteiger partial charge in [-0.3, -0.25) is 0 Å². The van der Waals surface area contributed by atoms with Gasteiger partial charge in [-0.25, -0.2) is 29.9 Å². The first-order valence-corrected chi connectivity index (χ1v) is 24.7. The molecule has 0 fully saturated rings. The molecule has 7 aromatic heterocycles. The third-order valence-electron chi connectivity index (χ3n) is 13.3. The third-order valence-corrected chi connectivity index (χ3v) is 17.8. The Hall–Kier alpha value is -5.92. The van der Waals surface area contributed by atoms with Crippen LogP contribution in [0, 0.1) is 83.1 Å². The average molecular weight is 911 g/mol. The minimum absolute atomic E-state index is 0.613. The van der Waals surface area contributed by atoms with Crippen molar-refractivity contribution in [3.8, 4) is 0 Å². The van der Waals surface area contributed by atoms with Crippen LogP contribution in [-0.4, -0.2) is 39.9 Å². The van der Waals surface area contributed by atoms with Gasteiger partial charge in [0.1, 0.15) is 22.6 Å². The van der Waals surface area contributed by atoms with Gasteiger partial charge in [0.05, 0.1) is 0 Å². The summed E-state index contributed by atoms with van der Waals surface area (Å²) in [7, 11) is 0. The van der Waals surface area contributed by atoms with Gasteiger partial charge in [-0.2, -0.15) is 0 Å². The zero-order valence-corrected chi connectivity index (χ0v) is 41.2. The maximum Gasteiger partial charge on any atom is 0.165 e. The maximum atomic E-state index is 5.56. The van der Waals surface area contributed by atoms with Gasteiger partial charge in [-0.15, -0.1) is 45.3 Å². The van der Waals surface area contributed by atoms with Crippen molar-refractivity contribution < 1.29 is 0 Å². The van der Waals surface area contributed by atoms with E-state index in [1.165, 1.54) is 61.3 Å². The second-order valence-electron chi connectivity index (χ2n) is 17.1. The molecule has 11 rings (SSSR count). The number of fused-ring (bicyclic) bond motifs is 14. The molecule has 12 heteroatoms. The molecule has 0 unspecified atom stereocenters. The van der Waals surface area contributed by atoms with Gasteiger partial charge in [0, 0.05) is 105 Å². The summed E-state index contributed by atoms with van der Waals surface area (Å²) in [5.41, 5.74) is 16.3. The van der Waals surface area contributed by atoms with Crippen LogP contribution in [0.3, 0.4) is 0 Å². The summed E-state index contributed by atoms with van der Waals surface area (Å²) in [4.78, 5) is 50.6. The molecule has 0 aliphatic carbocycles. The summed E-state index contributed by atoms with van der Waals surface area (Å²) < 4.78 is 0. The van der Waals surface area contributed by atoms with E-state index < -0.39 is 0 Å². The highest BCUT2D eigenvalue weighted by molar-refractivity contribution is 7.13. The van der Waals surface area contributed by atoms with Crippen LogP contribution in [0.25, 0.3) is 66.4 Å². The molecule has 0 saturated carbocycles. The van der Waals surface area contributed by atoms with Crippen molar-refractivity contribution in [1.82, 2.24) is 39.9 Å². The number of nitrogens with zero attached hydrogens (tertiary/aromatic N) is 6. The average Bonchev–Trinajstić information content (AvgIpc) is 4.13. The summed E-state index contributed by atoms with van der Waals surface area (Å²) in [5, 5.41) is 3.80. The number of nitrogens with one attached hydrogen (secondary N) is 2. The lowest BCUT2D eigenvalue weighted by molar-refractivity contribution is 1.10. The van der Waals surface area contributed by atoms with Crippen LogP contribution in [-0.2, 0) is 0 Å². The highest BCUT2D eigenvalue weighted by Crippen LogP contribution is 2.49. The van der Waals surface area contributed by atoms with Gasteiger partial charge in [-0.05, 0) is 105 Å². The number of rotatable bonds is 4. The van der Waals surface area contributed by atoms with Gasteiger partial charge in [-0.1, -0.05) is 48.5 Å². The van der Waals surface area contributed by atoms with Crippen molar-refractivity contribution >= 4 is 112 Å². The minimum atomic E-state index is 0.613. The quantitative estimate of drug-likeness (QED) is 0.182. The Balaban J connectivity index is 1.38. The van der Waals surface area contributed by atoms with Crippen LogP contribution in [0.1, 0.15) is 107 Å². The Morgan fingerprint density at radius 1 is 0.297 bits per heavy atom. The van der Waals surface area contributed by atoms with Crippen molar-refractivity contribution in [2.45, 2.75) is 83.1 Å². The van der Waals surface area contributed by atoms with E-state index >= 15 is 0 Å². The first-order valence-electron chi connectivity index (χ1n) is 21.5. The molecule has 0 amide bonds. The predicted octanol–water partition coefficient (Wildman–Crippen LogP) is 14.2. The molecule has 0 atom stereocenters. The number of aryl methyl sites for hydroxylation is 8. The lowest BCUT2D eigenvalue weighted by Crippen LogP contribution is -1.98. The maximum absolute atomic E-state index is 5.56. The van der Waals surface area contributed by atoms with Gasteiger partial charge in [0.15, 0.2) is 23.3 Å². The highest BCUT2D eigenvalue weighted by atomic mass is 32.1. The molecule has 0 spiro atoms. The number of H-pyrrole nitrogens is 2. The van der Waals surface area contributed by atoms with Gasteiger partial charge in [0.2, 0.25) is 0 Å². The summed E-state index contributed by atoms with van der Waals surface area (Å²) in [6.45, 7) is 26.5. The minimum Gasteiger partial charge on any atom is -0.324 e. The predicted molar refractivity (Wildman–Crippen MR) is 271 cm³/mol. The van der Waals surface area contributed by atoms with E-state index in [4.69, 9.17) is 29.9 Å². The number of thiophene rings is 4. The highest BCUT2D eigenvalue weighted by Gasteiger charge is 2.34. The third kappa shape index (κ3) is 6.02. The Bertz CT molecular complexity index is 3280. The van der Waals surface area contributed by atoms with Crippen LogP contribution in [0.2, 0.25) is 0 Å². The molecule has 8 nitrogen and oxygen atoms in total. The van der Waals surface area contributed by atoms with E-state index in [2.05, 4.69) is 142 Å². The van der Waals surface area contributed by atoms with Crippen molar-refractivity contribution in [1.29, 1.82) is 0 Å². The zero-order chi connectivity index (χ0) is 44.6. The van der Waals surface area contributed by atoms with Crippen LogP contribution in [0.4, 0.5) is 0 Å². The van der Waals surface area contributed by atoms with Crippen LogP contribution in [0.5, 0.6) is 0 Å². The van der Waals surface area contributed by atoms with Crippen molar-refractivity contribution in [3.63, 3.8) is 0 Å². The molecule has 2 aliphatic rings. The molecule has 0 saturated heterocycles. The molecule has 2 aliphatic heterocycles. The van der Waals surface area contributed by atoms with Crippen LogP contribution in [0.15, 0.2) is 48.5 Å². The largest absolute Gasteiger partial charge is 0.324 e. The van der Waals surface area contributed by atoms with Gasteiger partial charge in [0.25, 0.3) is 0 Å². The smallest absolute Gasteiger partial charge is 0.165 e. The van der Waals surface area contributed by atoms with Crippen LogP contribution < -0.4 is 0 Å². The standard InChI is InChI=1S/C52H46N8S4/c1-21-25(5)61-29(9)37(21)41-42(38-22(2)26(6)62-30(38)10)50-56-46-35-19-15-16-20-36(35)48(54-46)58-52-44(40-24(4)28(8)64-32(40)12)43(39-23(3)27(7)63-31(39)11)51(60-52)57-47-34-18-14-13-17-33(34)45(53-47)55-49(41)59-50/h13-20H,1-12H3,(H2,53,54,55,56,57,58,59,60). The summed E-state index contributed by atoms with van der Waals surface area (Å²) >= 11 is 7.27. The monoisotopic (exact) mass is 910 g/mol. The van der Waals surface area contributed by atoms with Crippen molar-refractivity contribution in [3.05, 3.63) is 155 Å². The first kappa shape index (κ1) is 40.8. The van der Waals surface area contributed by atoms with E-state index in [9.17, 15) is 0 Å².